The van der Waals surface area contributed by atoms with Gasteiger partial charge in [0, 0.05) is 4.47 Å². The SMILES string of the molecule is N#Cc1cc(Br)ccc1OCC1CCC(C(=O)O)O1. The Balaban J connectivity index is 1.93. The van der Waals surface area contributed by atoms with Crippen LogP contribution >= 0.6 is 15.9 Å². The van der Waals surface area contributed by atoms with Gasteiger partial charge in [-0.3, -0.25) is 0 Å². The highest BCUT2D eigenvalue weighted by molar-refractivity contribution is 9.10. The van der Waals surface area contributed by atoms with E-state index in [-0.39, 0.29) is 12.7 Å². The molecule has 1 aromatic carbocycles. The number of ether oxygens (including phenoxy) is 2. The first-order valence-corrected chi connectivity index (χ1v) is 6.60. The van der Waals surface area contributed by atoms with E-state index < -0.39 is 12.1 Å². The second kappa shape index (κ2) is 6.04. The molecule has 1 fully saturated rings. The van der Waals surface area contributed by atoms with Gasteiger partial charge in [-0.05, 0) is 31.0 Å². The second-order valence-corrected chi connectivity index (χ2v) is 5.14. The predicted octanol–water partition coefficient (Wildman–Crippen LogP) is 2.33. The molecule has 1 heterocycles. The molecule has 0 bridgehead atoms. The molecule has 2 rings (SSSR count). The molecule has 0 spiro atoms. The summed E-state index contributed by atoms with van der Waals surface area (Å²) in [7, 11) is 0. The smallest absolute Gasteiger partial charge is 0.332 e. The van der Waals surface area contributed by atoms with Crippen LogP contribution in [0.5, 0.6) is 5.75 Å². The van der Waals surface area contributed by atoms with Crippen molar-refractivity contribution in [3.8, 4) is 11.8 Å². The summed E-state index contributed by atoms with van der Waals surface area (Å²) >= 11 is 3.28. The van der Waals surface area contributed by atoms with Crippen molar-refractivity contribution in [3.05, 3.63) is 28.2 Å². The van der Waals surface area contributed by atoms with Gasteiger partial charge in [-0.15, -0.1) is 0 Å². The van der Waals surface area contributed by atoms with E-state index in [1.807, 2.05) is 6.07 Å². The molecule has 100 valence electrons. The number of benzene rings is 1. The highest BCUT2D eigenvalue weighted by Gasteiger charge is 2.30. The maximum absolute atomic E-state index is 10.7. The van der Waals surface area contributed by atoms with E-state index in [9.17, 15) is 4.79 Å². The van der Waals surface area contributed by atoms with Crippen molar-refractivity contribution in [1.29, 1.82) is 5.26 Å². The Morgan fingerprint density at radius 2 is 2.37 bits per heavy atom. The topological polar surface area (TPSA) is 79.5 Å². The summed E-state index contributed by atoms with van der Waals surface area (Å²) in [6, 6.07) is 7.20. The van der Waals surface area contributed by atoms with E-state index in [1.54, 1.807) is 18.2 Å². The molecule has 1 aliphatic heterocycles. The molecule has 0 amide bonds. The van der Waals surface area contributed by atoms with Crippen molar-refractivity contribution in [2.24, 2.45) is 0 Å². The van der Waals surface area contributed by atoms with Gasteiger partial charge in [-0.2, -0.15) is 5.26 Å². The van der Waals surface area contributed by atoms with E-state index in [1.165, 1.54) is 0 Å². The van der Waals surface area contributed by atoms with Gasteiger partial charge >= 0.3 is 5.97 Å². The van der Waals surface area contributed by atoms with Crippen LogP contribution in [0.2, 0.25) is 0 Å². The average Bonchev–Trinajstić information content (AvgIpc) is 2.86. The van der Waals surface area contributed by atoms with Crippen LogP contribution in [0.1, 0.15) is 18.4 Å². The summed E-state index contributed by atoms with van der Waals surface area (Å²) in [6.07, 6.45) is 0.162. The number of halogens is 1. The lowest BCUT2D eigenvalue weighted by atomic mass is 10.2. The molecule has 0 aromatic heterocycles. The number of aliphatic carboxylic acids is 1. The summed E-state index contributed by atoms with van der Waals surface area (Å²) in [4.78, 5) is 10.7. The van der Waals surface area contributed by atoms with Crippen LogP contribution < -0.4 is 4.74 Å². The second-order valence-electron chi connectivity index (χ2n) is 4.23. The Bertz CT molecular complexity index is 526. The van der Waals surface area contributed by atoms with Crippen molar-refractivity contribution < 1.29 is 19.4 Å². The molecule has 5 nitrogen and oxygen atoms in total. The normalized spacial score (nSPS) is 21.9. The van der Waals surface area contributed by atoms with Crippen LogP contribution in [-0.2, 0) is 9.53 Å². The molecular weight excluding hydrogens is 314 g/mol. The number of hydrogen-bond acceptors (Lipinski definition) is 4. The number of carboxylic acid groups (broad SMARTS) is 1. The number of hydrogen-bond donors (Lipinski definition) is 1. The van der Waals surface area contributed by atoms with E-state index in [0.717, 1.165) is 4.47 Å². The summed E-state index contributed by atoms with van der Waals surface area (Å²) < 4.78 is 11.7. The maximum Gasteiger partial charge on any atom is 0.332 e. The van der Waals surface area contributed by atoms with Crippen LogP contribution in [-0.4, -0.2) is 29.9 Å². The number of nitrogens with zero attached hydrogens (tertiary/aromatic N) is 1. The van der Waals surface area contributed by atoms with Crippen molar-refractivity contribution in [1.82, 2.24) is 0 Å². The van der Waals surface area contributed by atoms with Gasteiger partial charge in [-0.25, -0.2) is 4.79 Å². The van der Waals surface area contributed by atoms with Gasteiger partial charge in [0.25, 0.3) is 0 Å². The summed E-state index contributed by atoms with van der Waals surface area (Å²) in [5.41, 5.74) is 0.433. The van der Waals surface area contributed by atoms with Crippen LogP contribution in [0.15, 0.2) is 22.7 Å². The third-order valence-electron chi connectivity index (χ3n) is 2.87. The average molecular weight is 326 g/mol. The number of nitriles is 1. The highest BCUT2D eigenvalue weighted by atomic mass is 79.9. The van der Waals surface area contributed by atoms with Crippen LogP contribution in [0.3, 0.4) is 0 Å². The zero-order chi connectivity index (χ0) is 13.8. The molecule has 1 aromatic rings. The monoisotopic (exact) mass is 325 g/mol. The van der Waals surface area contributed by atoms with E-state index in [4.69, 9.17) is 19.8 Å². The number of carbonyl (C=O) groups is 1. The standard InChI is InChI=1S/C13H12BrNO4/c14-9-1-3-11(8(5-9)6-15)18-7-10-2-4-12(19-10)13(16)17/h1,3,5,10,12H,2,4,7H2,(H,16,17). The minimum atomic E-state index is -0.941. The fourth-order valence-electron chi connectivity index (χ4n) is 1.91. The number of rotatable bonds is 4. The lowest BCUT2D eigenvalue weighted by Gasteiger charge is -2.13. The van der Waals surface area contributed by atoms with Crippen molar-refractivity contribution in [3.63, 3.8) is 0 Å². The van der Waals surface area contributed by atoms with Crippen molar-refractivity contribution in [2.45, 2.75) is 25.0 Å². The summed E-state index contributed by atoms with van der Waals surface area (Å²) in [6.45, 7) is 0.250. The molecular formula is C13H12BrNO4. The minimum Gasteiger partial charge on any atom is -0.489 e. The lowest BCUT2D eigenvalue weighted by Crippen LogP contribution is -2.23. The third-order valence-corrected chi connectivity index (χ3v) is 3.36. The van der Waals surface area contributed by atoms with Gasteiger partial charge in [0.15, 0.2) is 6.10 Å². The predicted molar refractivity (Wildman–Crippen MR) is 69.9 cm³/mol. The Morgan fingerprint density at radius 1 is 1.58 bits per heavy atom. The van der Waals surface area contributed by atoms with Gasteiger partial charge in [0.1, 0.15) is 18.4 Å². The Morgan fingerprint density at radius 3 is 3.00 bits per heavy atom. The fourth-order valence-corrected chi connectivity index (χ4v) is 2.27. The van der Waals surface area contributed by atoms with Crippen molar-refractivity contribution >= 4 is 21.9 Å². The molecule has 1 saturated heterocycles. The van der Waals surface area contributed by atoms with E-state index in [0.29, 0.717) is 24.2 Å². The Hall–Kier alpha value is -1.58. The van der Waals surface area contributed by atoms with Crippen LogP contribution in [0.4, 0.5) is 0 Å². The molecule has 0 aliphatic carbocycles. The Kier molecular flexibility index (Phi) is 4.40. The van der Waals surface area contributed by atoms with Gasteiger partial charge in [0.05, 0.1) is 11.7 Å². The Labute approximate surface area is 118 Å². The van der Waals surface area contributed by atoms with Gasteiger partial charge in [-0.1, -0.05) is 15.9 Å². The van der Waals surface area contributed by atoms with E-state index >= 15 is 0 Å². The lowest BCUT2D eigenvalue weighted by molar-refractivity contribution is -0.149. The highest BCUT2D eigenvalue weighted by Crippen LogP contribution is 2.25. The zero-order valence-electron chi connectivity index (χ0n) is 10.0. The van der Waals surface area contributed by atoms with Crippen LogP contribution in [0, 0.1) is 11.3 Å². The molecule has 1 N–H and O–H groups in total. The quantitative estimate of drug-likeness (QED) is 0.919. The molecule has 2 atom stereocenters. The molecule has 0 saturated carbocycles. The largest absolute Gasteiger partial charge is 0.489 e. The summed E-state index contributed by atoms with van der Waals surface area (Å²) in [5, 5.41) is 17.8. The minimum absolute atomic E-state index is 0.240. The van der Waals surface area contributed by atoms with Crippen LogP contribution in [0.25, 0.3) is 0 Å². The number of carboxylic acids is 1. The first-order chi connectivity index (χ1) is 9.10. The van der Waals surface area contributed by atoms with Crippen molar-refractivity contribution in [2.75, 3.05) is 6.61 Å². The molecule has 6 heteroatoms. The molecule has 0 radical (unpaired) electrons. The summed E-state index contributed by atoms with van der Waals surface area (Å²) in [5.74, 6) is -0.461. The molecule has 1 aliphatic rings. The van der Waals surface area contributed by atoms with Gasteiger partial charge in [0.2, 0.25) is 0 Å². The maximum atomic E-state index is 10.7. The van der Waals surface area contributed by atoms with E-state index in [2.05, 4.69) is 15.9 Å². The fraction of sp³-hybridized carbons (Fsp3) is 0.385. The molecule has 19 heavy (non-hydrogen) atoms. The van der Waals surface area contributed by atoms with Gasteiger partial charge < -0.3 is 14.6 Å². The zero-order valence-corrected chi connectivity index (χ0v) is 11.6. The molecule has 2 unspecified atom stereocenters. The third kappa shape index (κ3) is 3.46. The first kappa shape index (κ1) is 13.8. The first-order valence-electron chi connectivity index (χ1n) is 5.81.